The van der Waals surface area contributed by atoms with Gasteiger partial charge in [0.25, 0.3) is 0 Å². The molecule has 0 bridgehead atoms. The molecular weight excluding hydrogens is 342 g/mol. The minimum atomic E-state index is -0.0701. The Morgan fingerprint density at radius 1 is 1.50 bits per heavy atom. The van der Waals surface area contributed by atoms with Gasteiger partial charge in [0.15, 0.2) is 0 Å². The molecule has 1 aromatic rings. The Hall–Kier alpha value is -0.740. The monoisotopic (exact) mass is 359 g/mol. The van der Waals surface area contributed by atoms with E-state index in [-0.39, 0.29) is 17.9 Å². The van der Waals surface area contributed by atoms with Crippen LogP contribution in [0.3, 0.4) is 0 Å². The summed E-state index contributed by atoms with van der Waals surface area (Å²) in [4.78, 5) is 11.8. The van der Waals surface area contributed by atoms with Crippen molar-refractivity contribution < 1.29 is 9.53 Å². The third-order valence-corrected chi connectivity index (χ3v) is 4.41. The molecule has 0 aromatic heterocycles. The highest BCUT2D eigenvalue weighted by Crippen LogP contribution is 2.31. The minimum absolute atomic E-state index is 0.00660. The summed E-state index contributed by atoms with van der Waals surface area (Å²) in [6, 6.07) is 6.01. The first-order valence-electron chi connectivity index (χ1n) is 6.98. The molecule has 110 valence electrons. The fraction of sp³-hybridized carbons (Fsp3) is 0.533. The zero-order valence-corrected chi connectivity index (χ0v) is 13.8. The lowest BCUT2D eigenvalue weighted by Gasteiger charge is -2.29. The van der Waals surface area contributed by atoms with Crippen molar-refractivity contribution in [2.45, 2.75) is 38.6 Å². The van der Waals surface area contributed by atoms with Crippen LogP contribution >= 0.6 is 27.5 Å². The largest absolute Gasteiger partial charge is 0.466 e. The Labute approximate surface area is 133 Å². The SMILES string of the molecule is CCOC(=O)C1CCCC(Nc2cc(Br)ccc2Cl)C1. The van der Waals surface area contributed by atoms with Gasteiger partial charge in [-0.25, -0.2) is 0 Å². The van der Waals surface area contributed by atoms with E-state index in [1.807, 2.05) is 25.1 Å². The average Bonchev–Trinajstić information content (AvgIpc) is 2.43. The van der Waals surface area contributed by atoms with Crippen molar-refractivity contribution >= 4 is 39.2 Å². The van der Waals surface area contributed by atoms with Crippen LogP contribution in [0.15, 0.2) is 22.7 Å². The van der Waals surface area contributed by atoms with Crippen LogP contribution in [0.5, 0.6) is 0 Å². The number of halogens is 2. The van der Waals surface area contributed by atoms with Gasteiger partial charge in [-0.2, -0.15) is 0 Å². The molecule has 2 rings (SSSR count). The molecule has 1 aliphatic rings. The van der Waals surface area contributed by atoms with Gasteiger partial charge in [0.05, 0.1) is 23.2 Å². The second-order valence-electron chi connectivity index (χ2n) is 5.08. The van der Waals surface area contributed by atoms with Crippen LogP contribution in [0.4, 0.5) is 5.69 Å². The van der Waals surface area contributed by atoms with Crippen molar-refractivity contribution in [2.75, 3.05) is 11.9 Å². The molecule has 5 heteroatoms. The molecule has 3 nitrogen and oxygen atoms in total. The first kappa shape index (κ1) is 15.6. The van der Waals surface area contributed by atoms with Crippen LogP contribution in [0.2, 0.25) is 5.02 Å². The van der Waals surface area contributed by atoms with Crippen LogP contribution in [0.25, 0.3) is 0 Å². The Morgan fingerprint density at radius 3 is 3.05 bits per heavy atom. The van der Waals surface area contributed by atoms with Gasteiger partial charge < -0.3 is 10.1 Å². The molecule has 1 aromatic carbocycles. The van der Waals surface area contributed by atoms with Crippen molar-refractivity contribution in [3.05, 3.63) is 27.7 Å². The Kier molecular flexibility index (Phi) is 5.73. The predicted molar refractivity (Wildman–Crippen MR) is 85.2 cm³/mol. The van der Waals surface area contributed by atoms with Gasteiger partial charge in [-0.1, -0.05) is 34.0 Å². The molecule has 0 heterocycles. The van der Waals surface area contributed by atoms with Gasteiger partial charge in [0.1, 0.15) is 0 Å². The lowest BCUT2D eigenvalue weighted by Crippen LogP contribution is -2.32. The van der Waals surface area contributed by atoms with Crippen molar-refractivity contribution in [3.63, 3.8) is 0 Å². The van der Waals surface area contributed by atoms with E-state index in [2.05, 4.69) is 21.2 Å². The summed E-state index contributed by atoms with van der Waals surface area (Å²) < 4.78 is 6.11. The van der Waals surface area contributed by atoms with Gasteiger partial charge in [-0.3, -0.25) is 4.79 Å². The van der Waals surface area contributed by atoms with Crippen molar-refractivity contribution in [3.8, 4) is 0 Å². The fourth-order valence-corrected chi connectivity index (χ4v) is 3.16. The number of ether oxygens (including phenoxy) is 1. The maximum Gasteiger partial charge on any atom is 0.308 e. The standard InChI is InChI=1S/C15H19BrClNO2/c1-2-20-15(19)10-4-3-5-12(8-10)18-14-9-11(16)6-7-13(14)17/h6-7,9-10,12,18H,2-5,8H2,1H3. The van der Waals surface area contributed by atoms with Crippen LogP contribution < -0.4 is 5.32 Å². The zero-order valence-electron chi connectivity index (χ0n) is 11.5. The molecule has 1 saturated carbocycles. The van der Waals surface area contributed by atoms with Crippen molar-refractivity contribution in [2.24, 2.45) is 5.92 Å². The van der Waals surface area contributed by atoms with E-state index in [4.69, 9.17) is 16.3 Å². The summed E-state index contributed by atoms with van der Waals surface area (Å²) in [5.74, 6) is -0.0635. The third-order valence-electron chi connectivity index (χ3n) is 3.58. The summed E-state index contributed by atoms with van der Waals surface area (Å²) in [6.07, 6.45) is 3.82. The quantitative estimate of drug-likeness (QED) is 0.795. The van der Waals surface area contributed by atoms with Crippen LogP contribution in [-0.4, -0.2) is 18.6 Å². The molecule has 0 spiro atoms. The highest BCUT2D eigenvalue weighted by molar-refractivity contribution is 9.10. The van der Waals surface area contributed by atoms with E-state index in [0.717, 1.165) is 35.8 Å². The topological polar surface area (TPSA) is 38.3 Å². The number of rotatable bonds is 4. The van der Waals surface area contributed by atoms with E-state index in [1.165, 1.54) is 0 Å². The first-order chi connectivity index (χ1) is 9.60. The van der Waals surface area contributed by atoms with E-state index >= 15 is 0 Å². The van der Waals surface area contributed by atoms with Crippen LogP contribution in [0, 0.1) is 5.92 Å². The number of nitrogens with one attached hydrogen (secondary N) is 1. The molecule has 0 saturated heterocycles. The third kappa shape index (κ3) is 4.13. The molecule has 2 atom stereocenters. The van der Waals surface area contributed by atoms with Crippen LogP contribution in [-0.2, 0) is 9.53 Å². The van der Waals surface area contributed by atoms with Gasteiger partial charge in [-0.05, 0) is 44.4 Å². The number of benzene rings is 1. The number of anilines is 1. The van der Waals surface area contributed by atoms with E-state index < -0.39 is 0 Å². The average molecular weight is 361 g/mol. The first-order valence-corrected chi connectivity index (χ1v) is 8.15. The predicted octanol–water partition coefficient (Wildman–Crippen LogP) is 4.64. The van der Waals surface area contributed by atoms with E-state index in [9.17, 15) is 4.79 Å². The molecule has 20 heavy (non-hydrogen) atoms. The molecule has 0 radical (unpaired) electrons. The fourth-order valence-electron chi connectivity index (χ4n) is 2.62. The molecule has 0 amide bonds. The van der Waals surface area contributed by atoms with Gasteiger partial charge >= 0.3 is 5.97 Å². The number of hydrogen-bond donors (Lipinski definition) is 1. The Bertz CT molecular complexity index is 481. The Balaban J connectivity index is 1.99. The number of hydrogen-bond acceptors (Lipinski definition) is 3. The normalized spacial score (nSPS) is 22.4. The highest BCUT2D eigenvalue weighted by atomic mass is 79.9. The Morgan fingerprint density at radius 2 is 2.30 bits per heavy atom. The summed E-state index contributed by atoms with van der Waals surface area (Å²) in [6.45, 7) is 2.29. The number of carbonyl (C=O) groups is 1. The van der Waals surface area contributed by atoms with Gasteiger partial charge in [0, 0.05) is 10.5 Å². The van der Waals surface area contributed by atoms with Crippen molar-refractivity contribution in [1.29, 1.82) is 0 Å². The lowest BCUT2D eigenvalue weighted by molar-refractivity contribution is -0.149. The van der Waals surface area contributed by atoms with Gasteiger partial charge in [-0.15, -0.1) is 0 Å². The molecule has 2 unspecified atom stereocenters. The summed E-state index contributed by atoms with van der Waals surface area (Å²) in [7, 11) is 0. The smallest absolute Gasteiger partial charge is 0.308 e. The van der Waals surface area contributed by atoms with Crippen LogP contribution in [0.1, 0.15) is 32.6 Å². The maximum atomic E-state index is 11.8. The minimum Gasteiger partial charge on any atom is -0.466 e. The number of carbonyl (C=O) groups excluding carboxylic acids is 1. The van der Waals surface area contributed by atoms with Crippen molar-refractivity contribution in [1.82, 2.24) is 0 Å². The maximum absolute atomic E-state index is 11.8. The summed E-state index contributed by atoms with van der Waals surface area (Å²) in [5, 5.41) is 4.15. The highest BCUT2D eigenvalue weighted by Gasteiger charge is 2.28. The second kappa shape index (κ2) is 7.32. The zero-order chi connectivity index (χ0) is 14.5. The number of esters is 1. The second-order valence-corrected chi connectivity index (χ2v) is 6.40. The summed E-state index contributed by atoms with van der Waals surface area (Å²) >= 11 is 9.63. The lowest BCUT2D eigenvalue weighted by atomic mass is 9.85. The summed E-state index contributed by atoms with van der Waals surface area (Å²) in [5.41, 5.74) is 0.913. The molecule has 0 aliphatic heterocycles. The van der Waals surface area contributed by atoms with E-state index in [0.29, 0.717) is 11.6 Å². The molecular formula is C15H19BrClNO2. The molecule has 1 aliphatic carbocycles. The van der Waals surface area contributed by atoms with E-state index in [1.54, 1.807) is 0 Å². The molecule has 1 fully saturated rings. The molecule has 1 N–H and O–H groups in total. The van der Waals surface area contributed by atoms with Gasteiger partial charge in [0.2, 0.25) is 0 Å².